The van der Waals surface area contributed by atoms with Gasteiger partial charge in [0.2, 0.25) is 0 Å². The van der Waals surface area contributed by atoms with Crippen molar-refractivity contribution in [1.82, 2.24) is 9.97 Å². The molecule has 2 N–H and O–H groups in total. The molecule has 126 valence electrons. The zero-order valence-corrected chi connectivity index (χ0v) is 14.1. The number of amides is 1. The fraction of sp³-hybridized carbons (Fsp3) is 0. The van der Waals surface area contributed by atoms with Gasteiger partial charge in [0.25, 0.3) is 5.91 Å². The van der Waals surface area contributed by atoms with Crippen LogP contribution in [0.15, 0.2) is 54.9 Å². The second-order valence-electron chi connectivity index (χ2n) is 4.98. The standard InChI is InChI=1S/C17H11Cl2FN4O/c18-12-5-2-6-13(16(12)19)24-15-8-14(21-9-22-15)17(25)23-11-4-1-3-10(20)7-11/h1-9H,(H,23,25)(H,21,22,24). The molecule has 0 fully saturated rings. The molecule has 2 aromatic carbocycles. The zero-order chi connectivity index (χ0) is 17.8. The van der Waals surface area contributed by atoms with E-state index in [1.54, 1.807) is 24.3 Å². The molecule has 1 aromatic heterocycles. The Morgan fingerprint density at radius 1 is 1.04 bits per heavy atom. The highest BCUT2D eigenvalue weighted by Crippen LogP contribution is 2.31. The molecule has 0 saturated heterocycles. The van der Waals surface area contributed by atoms with Gasteiger partial charge in [0.1, 0.15) is 23.7 Å². The summed E-state index contributed by atoms with van der Waals surface area (Å²) in [6.45, 7) is 0. The van der Waals surface area contributed by atoms with Crippen molar-refractivity contribution in [3.8, 4) is 0 Å². The summed E-state index contributed by atoms with van der Waals surface area (Å²) in [6.07, 6.45) is 1.24. The highest BCUT2D eigenvalue weighted by Gasteiger charge is 2.11. The number of rotatable bonds is 4. The molecule has 5 nitrogen and oxygen atoms in total. The summed E-state index contributed by atoms with van der Waals surface area (Å²) in [6, 6.07) is 12.1. The van der Waals surface area contributed by atoms with E-state index < -0.39 is 11.7 Å². The van der Waals surface area contributed by atoms with Crippen LogP contribution in [0, 0.1) is 5.82 Å². The van der Waals surface area contributed by atoms with Gasteiger partial charge in [-0.3, -0.25) is 4.79 Å². The van der Waals surface area contributed by atoms with Gasteiger partial charge in [-0.05, 0) is 30.3 Å². The number of carbonyl (C=O) groups excluding carboxylic acids is 1. The van der Waals surface area contributed by atoms with Crippen LogP contribution in [0.2, 0.25) is 10.0 Å². The maximum Gasteiger partial charge on any atom is 0.274 e. The van der Waals surface area contributed by atoms with Crippen molar-refractivity contribution < 1.29 is 9.18 Å². The van der Waals surface area contributed by atoms with Gasteiger partial charge >= 0.3 is 0 Å². The van der Waals surface area contributed by atoms with Crippen LogP contribution in [0.4, 0.5) is 21.6 Å². The Morgan fingerprint density at radius 2 is 1.84 bits per heavy atom. The lowest BCUT2D eigenvalue weighted by Crippen LogP contribution is -2.14. The second-order valence-corrected chi connectivity index (χ2v) is 5.76. The first-order chi connectivity index (χ1) is 12.0. The molecule has 3 aromatic rings. The van der Waals surface area contributed by atoms with Gasteiger partial charge in [-0.2, -0.15) is 0 Å². The Balaban J connectivity index is 1.79. The van der Waals surface area contributed by atoms with Gasteiger partial charge in [0.15, 0.2) is 0 Å². The van der Waals surface area contributed by atoms with Crippen LogP contribution >= 0.6 is 23.2 Å². The molecule has 8 heteroatoms. The summed E-state index contributed by atoms with van der Waals surface area (Å²) in [7, 11) is 0. The molecular weight excluding hydrogens is 366 g/mol. The van der Waals surface area contributed by atoms with Gasteiger partial charge in [-0.15, -0.1) is 0 Å². The van der Waals surface area contributed by atoms with E-state index in [2.05, 4.69) is 20.6 Å². The van der Waals surface area contributed by atoms with Crippen molar-refractivity contribution in [2.24, 2.45) is 0 Å². The summed E-state index contributed by atoms with van der Waals surface area (Å²) >= 11 is 12.1. The Bertz CT molecular complexity index is 936. The van der Waals surface area contributed by atoms with Crippen LogP contribution in [-0.2, 0) is 0 Å². The van der Waals surface area contributed by atoms with Gasteiger partial charge in [0, 0.05) is 11.8 Å². The van der Waals surface area contributed by atoms with E-state index in [4.69, 9.17) is 23.2 Å². The first kappa shape index (κ1) is 17.1. The number of carbonyl (C=O) groups is 1. The SMILES string of the molecule is O=C(Nc1cccc(F)c1)c1cc(Nc2cccc(Cl)c2Cl)ncn1. The normalized spacial score (nSPS) is 10.4. The third kappa shape index (κ3) is 4.23. The minimum absolute atomic E-state index is 0.111. The maximum absolute atomic E-state index is 13.2. The van der Waals surface area contributed by atoms with E-state index in [1.165, 1.54) is 30.6 Å². The van der Waals surface area contributed by atoms with Crippen LogP contribution in [0.25, 0.3) is 0 Å². The highest BCUT2D eigenvalue weighted by molar-refractivity contribution is 6.43. The average Bonchev–Trinajstić information content (AvgIpc) is 2.59. The van der Waals surface area contributed by atoms with Crippen LogP contribution in [0.5, 0.6) is 0 Å². The first-order valence-electron chi connectivity index (χ1n) is 7.13. The van der Waals surface area contributed by atoms with E-state index >= 15 is 0 Å². The lowest BCUT2D eigenvalue weighted by atomic mass is 10.3. The molecule has 0 atom stereocenters. The zero-order valence-electron chi connectivity index (χ0n) is 12.6. The van der Waals surface area contributed by atoms with Crippen molar-refractivity contribution in [3.05, 3.63) is 76.4 Å². The molecule has 0 aliphatic heterocycles. The number of hydrogen-bond donors (Lipinski definition) is 2. The largest absolute Gasteiger partial charge is 0.339 e. The minimum atomic E-state index is -0.492. The van der Waals surface area contributed by atoms with Crippen molar-refractivity contribution >= 4 is 46.3 Å². The molecule has 1 heterocycles. The maximum atomic E-state index is 13.2. The summed E-state index contributed by atoms with van der Waals surface area (Å²) in [5, 5.41) is 6.27. The number of hydrogen-bond acceptors (Lipinski definition) is 4. The molecule has 25 heavy (non-hydrogen) atoms. The third-order valence-electron chi connectivity index (χ3n) is 3.20. The molecule has 0 spiro atoms. The number of nitrogens with zero attached hydrogens (tertiary/aromatic N) is 2. The first-order valence-corrected chi connectivity index (χ1v) is 7.88. The van der Waals surface area contributed by atoms with Crippen molar-refractivity contribution in [2.75, 3.05) is 10.6 Å². The Hall–Kier alpha value is -2.70. The Kier molecular flexibility index (Phi) is 5.11. The number of halogens is 3. The van der Waals surface area contributed by atoms with E-state index in [-0.39, 0.29) is 5.69 Å². The quantitative estimate of drug-likeness (QED) is 0.678. The molecule has 0 aliphatic rings. The van der Waals surface area contributed by atoms with E-state index in [0.717, 1.165) is 0 Å². The topological polar surface area (TPSA) is 66.9 Å². The molecule has 0 radical (unpaired) electrons. The third-order valence-corrected chi connectivity index (χ3v) is 4.02. The molecule has 1 amide bonds. The van der Waals surface area contributed by atoms with Crippen molar-refractivity contribution in [1.29, 1.82) is 0 Å². The fourth-order valence-electron chi connectivity index (χ4n) is 2.05. The van der Waals surface area contributed by atoms with Crippen molar-refractivity contribution in [3.63, 3.8) is 0 Å². The second kappa shape index (κ2) is 7.46. The number of aromatic nitrogens is 2. The predicted molar refractivity (Wildman–Crippen MR) is 96.1 cm³/mol. The van der Waals surface area contributed by atoms with Gasteiger partial charge in [0.05, 0.1) is 15.7 Å². The summed E-state index contributed by atoms with van der Waals surface area (Å²) < 4.78 is 13.2. The Morgan fingerprint density at radius 3 is 2.64 bits per heavy atom. The lowest BCUT2D eigenvalue weighted by Gasteiger charge is -2.09. The smallest absolute Gasteiger partial charge is 0.274 e. The highest BCUT2D eigenvalue weighted by atomic mass is 35.5. The molecule has 0 bridgehead atoms. The minimum Gasteiger partial charge on any atom is -0.339 e. The molecular formula is C17H11Cl2FN4O. The van der Waals surface area contributed by atoms with Crippen LogP contribution in [0.1, 0.15) is 10.5 Å². The van der Waals surface area contributed by atoms with Gasteiger partial charge in [-0.1, -0.05) is 35.3 Å². The van der Waals surface area contributed by atoms with E-state index in [9.17, 15) is 9.18 Å². The van der Waals surface area contributed by atoms with E-state index in [0.29, 0.717) is 27.2 Å². The van der Waals surface area contributed by atoms with Crippen LogP contribution in [0.3, 0.4) is 0 Å². The fourth-order valence-corrected chi connectivity index (χ4v) is 2.40. The van der Waals surface area contributed by atoms with Crippen LogP contribution < -0.4 is 10.6 Å². The van der Waals surface area contributed by atoms with Gasteiger partial charge < -0.3 is 10.6 Å². The van der Waals surface area contributed by atoms with E-state index in [1.807, 2.05) is 0 Å². The molecule has 0 unspecified atom stereocenters. The number of benzene rings is 2. The summed E-state index contributed by atoms with van der Waals surface area (Å²) in [5.41, 5.74) is 0.986. The molecule has 0 aliphatic carbocycles. The predicted octanol–water partition coefficient (Wildman–Crippen LogP) is 4.92. The number of nitrogens with one attached hydrogen (secondary N) is 2. The summed E-state index contributed by atoms with van der Waals surface area (Å²) in [5.74, 6) is -0.574. The average molecular weight is 377 g/mol. The lowest BCUT2D eigenvalue weighted by molar-refractivity contribution is 0.102. The summed E-state index contributed by atoms with van der Waals surface area (Å²) in [4.78, 5) is 20.2. The monoisotopic (exact) mass is 376 g/mol. The van der Waals surface area contributed by atoms with Gasteiger partial charge in [-0.25, -0.2) is 14.4 Å². The molecule has 0 saturated carbocycles. The Labute approximate surface area is 152 Å². The van der Waals surface area contributed by atoms with Crippen LogP contribution in [-0.4, -0.2) is 15.9 Å². The molecule has 3 rings (SSSR count). The number of anilines is 3. The van der Waals surface area contributed by atoms with Crippen molar-refractivity contribution in [2.45, 2.75) is 0 Å².